The van der Waals surface area contributed by atoms with E-state index < -0.39 is 0 Å². The van der Waals surface area contributed by atoms with Crippen LogP contribution in [-0.4, -0.2) is 17.6 Å². The van der Waals surface area contributed by atoms with E-state index in [0.29, 0.717) is 19.4 Å². The molecular weight excluding hydrogens is 324 g/mol. The number of ether oxygens (including phenoxy) is 1. The van der Waals surface area contributed by atoms with Crippen molar-refractivity contribution in [1.29, 1.82) is 0 Å². The van der Waals surface area contributed by atoms with Gasteiger partial charge >= 0.3 is 4.87 Å². The number of nitrogens with zero attached hydrogens (tertiary/aromatic N) is 1. The van der Waals surface area contributed by atoms with Gasteiger partial charge in [0.15, 0.2) is 0 Å². The van der Waals surface area contributed by atoms with Gasteiger partial charge in [0, 0.05) is 29.6 Å². The molecule has 0 spiro atoms. The molecule has 0 aliphatic heterocycles. The van der Waals surface area contributed by atoms with Crippen molar-refractivity contribution in [2.24, 2.45) is 0 Å². The molecule has 1 unspecified atom stereocenters. The van der Waals surface area contributed by atoms with E-state index in [9.17, 15) is 9.59 Å². The number of hydrogen-bond acceptors (Lipinski definition) is 4. The third-order valence-electron chi connectivity index (χ3n) is 3.99. The van der Waals surface area contributed by atoms with Gasteiger partial charge in [0.2, 0.25) is 5.91 Å². The lowest BCUT2D eigenvalue weighted by Crippen LogP contribution is -2.27. The summed E-state index contributed by atoms with van der Waals surface area (Å²) >= 11 is 1.20. The molecule has 0 radical (unpaired) electrons. The highest BCUT2D eigenvalue weighted by Gasteiger charge is 2.14. The summed E-state index contributed by atoms with van der Waals surface area (Å²) < 4.78 is 7.08. The number of hydrogen-bond donors (Lipinski definition) is 1. The molecule has 1 heterocycles. The van der Waals surface area contributed by atoms with Crippen LogP contribution >= 0.6 is 11.3 Å². The second-order valence-electron chi connectivity index (χ2n) is 5.93. The van der Waals surface area contributed by atoms with Gasteiger partial charge in [0.25, 0.3) is 0 Å². The third kappa shape index (κ3) is 4.47. The first kappa shape index (κ1) is 18.3. The van der Waals surface area contributed by atoms with Gasteiger partial charge in [0.1, 0.15) is 5.75 Å². The van der Waals surface area contributed by atoms with E-state index in [0.717, 1.165) is 22.6 Å². The third-order valence-corrected chi connectivity index (χ3v) is 4.87. The zero-order chi connectivity index (χ0) is 17.7. The summed E-state index contributed by atoms with van der Waals surface area (Å²) in [6.07, 6.45) is 1.03. The summed E-state index contributed by atoms with van der Waals surface area (Å²) in [5.41, 5.74) is 3.04. The van der Waals surface area contributed by atoms with Gasteiger partial charge < -0.3 is 14.6 Å². The maximum atomic E-state index is 12.2. The first-order valence-corrected chi connectivity index (χ1v) is 8.89. The minimum absolute atomic E-state index is 0.0213. The van der Waals surface area contributed by atoms with Crippen LogP contribution in [0.2, 0.25) is 0 Å². The summed E-state index contributed by atoms with van der Waals surface area (Å²) in [7, 11) is 1.63. The molecule has 0 saturated heterocycles. The molecule has 2 aromatic rings. The lowest BCUT2D eigenvalue weighted by atomic mass is 10.0. The number of rotatable bonds is 7. The highest BCUT2D eigenvalue weighted by Crippen LogP contribution is 2.26. The predicted molar refractivity (Wildman–Crippen MR) is 96.8 cm³/mol. The highest BCUT2D eigenvalue weighted by atomic mass is 32.1. The summed E-state index contributed by atoms with van der Waals surface area (Å²) in [5.74, 6) is 0.751. The Bertz CT molecular complexity index is 764. The van der Waals surface area contributed by atoms with E-state index in [1.54, 1.807) is 11.7 Å². The van der Waals surface area contributed by atoms with E-state index in [-0.39, 0.29) is 16.8 Å². The predicted octanol–water partition coefficient (Wildman–Crippen LogP) is 3.19. The fourth-order valence-electron chi connectivity index (χ4n) is 2.66. The van der Waals surface area contributed by atoms with Crippen LogP contribution in [0.1, 0.15) is 42.6 Å². The maximum Gasteiger partial charge on any atom is 0.307 e. The Labute approximate surface area is 146 Å². The molecule has 0 saturated carbocycles. The van der Waals surface area contributed by atoms with Gasteiger partial charge in [-0.25, -0.2) is 0 Å². The highest BCUT2D eigenvalue weighted by molar-refractivity contribution is 7.07. The summed E-state index contributed by atoms with van der Waals surface area (Å²) in [6.45, 7) is 6.44. The number of nitrogens with one attached hydrogen (secondary N) is 1. The molecule has 1 aromatic heterocycles. The fourth-order valence-corrected chi connectivity index (χ4v) is 3.42. The molecule has 1 N–H and O–H groups in total. The molecule has 130 valence electrons. The number of aryl methyl sites for hydroxylation is 2. The molecule has 0 bridgehead atoms. The van der Waals surface area contributed by atoms with E-state index in [1.165, 1.54) is 11.3 Å². The zero-order valence-corrected chi connectivity index (χ0v) is 15.4. The molecule has 1 amide bonds. The molecule has 5 nitrogen and oxygen atoms in total. The second kappa shape index (κ2) is 8.15. The van der Waals surface area contributed by atoms with Crippen LogP contribution in [0.3, 0.4) is 0 Å². The molecule has 1 aromatic carbocycles. The van der Waals surface area contributed by atoms with Crippen molar-refractivity contribution < 1.29 is 9.53 Å². The van der Waals surface area contributed by atoms with E-state index in [2.05, 4.69) is 5.32 Å². The standard InChI is InChI=1S/C18H24N2O3S/c1-12-7-8-16(23-4)15(10-12)14(3)19-17(21)6-5-9-20-13(2)11-24-18(20)22/h7-8,10-11,14H,5-6,9H2,1-4H3,(H,19,21). The van der Waals surface area contributed by atoms with Crippen LogP contribution in [0.4, 0.5) is 0 Å². The van der Waals surface area contributed by atoms with Crippen molar-refractivity contribution in [2.75, 3.05) is 7.11 Å². The molecule has 6 heteroatoms. The lowest BCUT2D eigenvalue weighted by Gasteiger charge is -2.18. The molecule has 0 fully saturated rings. The summed E-state index contributed by atoms with van der Waals surface area (Å²) in [5, 5.41) is 4.85. The molecule has 0 aliphatic rings. The van der Waals surface area contributed by atoms with Gasteiger partial charge in [-0.15, -0.1) is 0 Å². The van der Waals surface area contributed by atoms with Crippen molar-refractivity contribution in [1.82, 2.24) is 9.88 Å². The average Bonchev–Trinajstić information content (AvgIpc) is 2.86. The maximum absolute atomic E-state index is 12.2. The minimum Gasteiger partial charge on any atom is -0.496 e. The normalized spacial score (nSPS) is 12.0. The first-order chi connectivity index (χ1) is 11.4. The monoisotopic (exact) mass is 348 g/mol. The number of amides is 1. The van der Waals surface area contributed by atoms with Gasteiger partial charge in [-0.05, 0) is 33.3 Å². The molecular formula is C18H24N2O3S. The van der Waals surface area contributed by atoms with Crippen molar-refractivity contribution in [3.05, 3.63) is 50.1 Å². The second-order valence-corrected chi connectivity index (χ2v) is 6.75. The number of methoxy groups -OCH3 is 1. The summed E-state index contributed by atoms with van der Waals surface area (Å²) in [4.78, 5) is 23.9. The largest absolute Gasteiger partial charge is 0.496 e. The Morgan fingerprint density at radius 3 is 2.75 bits per heavy atom. The number of aromatic nitrogens is 1. The Kier molecular flexibility index (Phi) is 6.20. The Morgan fingerprint density at radius 1 is 1.38 bits per heavy atom. The van der Waals surface area contributed by atoms with E-state index in [4.69, 9.17) is 4.74 Å². The fraction of sp³-hybridized carbons (Fsp3) is 0.444. The summed E-state index contributed by atoms with van der Waals surface area (Å²) in [6, 6.07) is 5.80. The molecule has 1 atom stereocenters. The number of benzene rings is 1. The molecule has 24 heavy (non-hydrogen) atoms. The van der Waals surface area contributed by atoms with Crippen LogP contribution in [0.25, 0.3) is 0 Å². The Hall–Kier alpha value is -2.08. The first-order valence-electron chi connectivity index (χ1n) is 8.01. The minimum atomic E-state index is -0.127. The van der Waals surface area contributed by atoms with E-state index >= 15 is 0 Å². The Morgan fingerprint density at radius 2 is 2.12 bits per heavy atom. The SMILES string of the molecule is COc1ccc(C)cc1C(C)NC(=O)CCCn1c(C)csc1=O. The van der Waals surface area contributed by atoms with Crippen molar-refractivity contribution in [3.63, 3.8) is 0 Å². The average molecular weight is 348 g/mol. The van der Waals surface area contributed by atoms with Crippen LogP contribution < -0.4 is 14.9 Å². The molecule has 2 rings (SSSR count). The van der Waals surface area contributed by atoms with Crippen molar-refractivity contribution in [2.45, 2.75) is 46.2 Å². The van der Waals surface area contributed by atoms with Crippen LogP contribution in [0.5, 0.6) is 5.75 Å². The topological polar surface area (TPSA) is 60.3 Å². The quantitative estimate of drug-likeness (QED) is 0.836. The van der Waals surface area contributed by atoms with Crippen LogP contribution in [0.15, 0.2) is 28.4 Å². The number of carbonyl (C=O) groups excluding carboxylic acids is 1. The van der Waals surface area contributed by atoms with Gasteiger partial charge in [-0.2, -0.15) is 0 Å². The van der Waals surface area contributed by atoms with Crippen LogP contribution in [0, 0.1) is 13.8 Å². The number of thiazole rings is 1. The smallest absolute Gasteiger partial charge is 0.307 e. The van der Waals surface area contributed by atoms with Crippen LogP contribution in [-0.2, 0) is 11.3 Å². The van der Waals surface area contributed by atoms with Gasteiger partial charge in [-0.3, -0.25) is 9.59 Å². The Balaban J connectivity index is 1.90. The van der Waals surface area contributed by atoms with E-state index in [1.807, 2.05) is 44.4 Å². The zero-order valence-electron chi connectivity index (χ0n) is 14.6. The van der Waals surface area contributed by atoms with Crippen molar-refractivity contribution >= 4 is 17.2 Å². The van der Waals surface area contributed by atoms with Crippen molar-refractivity contribution in [3.8, 4) is 5.75 Å². The lowest BCUT2D eigenvalue weighted by molar-refractivity contribution is -0.121. The van der Waals surface area contributed by atoms with Gasteiger partial charge in [0.05, 0.1) is 13.2 Å². The van der Waals surface area contributed by atoms with Gasteiger partial charge in [-0.1, -0.05) is 29.0 Å². The number of carbonyl (C=O) groups is 1. The molecule has 0 aliphatic carbocycles.